The molecule has 1 atom stereocenters. The number of rotatable bonds is 4. The number of aliphatic hydroxyl groups excluding tert-OH is 1. The van der Waals surface area contributed by atoms with Crippen molar-refractivity contribution in [3.05, 3.63) is 64.2 Å². The number of aryl methyl sites for hydroxylation is 3. The van der Waals surface area contributed by atoms with Gasteiger partial charge in [0, 0.05) is 5.56 Å². The van der Waals surface area contributed by atoms with Crippen LogP contribution >= 0.6 is 0 Å². The highest BCUT2D eigenvalue weighted by Crippen LogP contribution is 2.27. The van der Waals surface area contributed by atoms with Crippen molar-refractivity contribution in [2.75, 3.05) is 0 Å². The van der Waals surface area contributed by atoms with E-state index in [-0.39, 0.29) is 0 Å². The lowest BCUT2D eigenvalue weighted by Gasteiger charge is -2.16. The number of ether oxygens (including phenoxy) is 1. The Morgan fingerprint density at radius 2 is 1.70 bits per heavy atom. The van der Waals surface area contributed by atoms with Crippen LogP contribution in [0.3, 0.4) is 0 Å². The molecule has 0 heterocycles. The van der Waals surface area contributed by atoms with Crippen molar-refractivity contribution < 1.29 is 9.84 Å². The molecule has 0 amide bonds. The van der Waals surface area contributed by atoms with E-state index in [4.69, 9.17) is 4.74 Å². The summed E-state index contributed by atoms with van der Waals surface area (Å²) in [4.78, 5) is 0. The fraction of sp³-hybridized carbons (Fsp3) is 0.333. The maximum Gasteiger partial charge on any atom is 0.125 e. The molecule has 1 unspecified atom stereocenters. The van der Waals surface area contributed by atoms with Crippen molar-refractivity contribution in [1.29, 1.82) is 0 Å². The summed E-state index contributed by atoms with van der Waals surface area (Å²) in [5, 5.41) is 9.86. The van der Waals surface area contributed by atoms with Crippen molar-refractivity contribution in [2.24, 2.45) is 0 Å². The standard InChI is InChI=1S/C18H22O2/c1-12-8-9-18(16(10-12)15(4)19)20-11-17-13(2)6-5-7-14(17)3/h5-10,15,19H,11H2,1-4H3. The van der Waals surface area contributed by atoms with Gasteiger partial charge in [-0.05, 0) is 56.5 Å². The van der Waals surface area contributed by atoms with E-state index >= 15 is 0 Å². The lowest BCUT2D eigenvalue weighted by molar-refractivity contribution is 0.190. The first kappa shape index (κ1) is 14.6. The second kappa shape index (κ2) is 6.10. The molecule has 2 aromatic carbocycles. The minimum absolute atomic E-state index is 0.525. The molecule has 0 saturated carbocycles. The van der Waals surface area contributed by atoms with Gasteiger partial charge in [0.2, 0.25) is 0 Å². The molecule has 2 aromatic rings. The Morgan fingerprint density at radius 1 is 1.05 bits per heavy atom. The Morgan fingerprint density at radius 3 is 2.30 bits per heavy atom. The van der Waals surface area contributed by atoms with Crippen molar-refractivity contribution >= 4 is 0 Å². The largest absolute Gasteiger partial charge is 0.489 e. The maximum atomic E-state index is 9.86. The molecule has 0 aliphatic heterocycles. The molecular formula is C18H22O2. The van der Waals surface area contributed by atoms with Gasteiger partial charge in [-0.25, -0.2) is 0 Å². The maximum absolute atomic E-state index is 9.86. The van der Waals surface area contributed by atoms with Crippen LogP contribution in [0.1, 0.15) is 40.8 Å². The molecule has 0 spiro atoms. The monoisotopic (exact) mass is 270 g/mol. The average molecular weight is 270 g/mol. The fourth-order valence-electron chi connectivity index (χ4n) is 2.35. The molecule has 2 rings (SSSR count). The van der Waals surface area contributed by atoms with Crippen molar-refractivity contribution in [3.63, 3.8) is 0 Å². The predicted octanol–water partition coefficient (Wildman–Crippen LogP) is 4.24. The van der Waals surface area contributed by atoms with Gasteiger partial charge < -0.3 is 9.84 Å². The average Bonchev–Trinajstić information content (AvgIpc) is 2.39. The van der Waals surface area contributed by atoms with Crippen LogP contribution in [0.5, 0.6) is 5.75 Å². The lowest BCUT2D eigenvalue weighted by Crippen LogP contribution is -2.04. The number of hydrogen-bond acceptors (Lipinski definition) is 2. The van der Waals surface area contributed by atoms with Crippen molar-refractivity contribution in [1.82, 2.24) is 0 Å². The minimum atomic E-state index is -0.525. The number of benzene rings is 2. The zero-order chi connectivity index (χ0) is 14.7. The summed E-state index contributed by atoms with van der Waals surface area (Å²) in [5.74, 6) is 0.758. The Bertz CT molecular complexity index is 580. The highest BCUT2D eigenvalue weighted by atomic mass is 16.5. The highest BCUT2D eigenvalue weighted by molar-refractivity contribution is 5.39. The zero-order valence-electron chi connectivity index (χ0n) is 12.6. The summed E-state index contributed by atoms with van der Waals surface area (Å²) in [6.45, 7) is 8.50. The van der Waals surface area contributed by atoms with Gasteiger partial charge in [0.15, 0.2) is 0 Å². The van der Waals surface area contributed by atoms with Crippen LogP contribution in [0, 0.1) is 20.8 Å². The molecule has 0 fully saturated rings. The zero-order valence-corrected chi connectivity index (χ0v) is 12.6. The van der Waals surface area contributed by atoms with Gasteiger partial charge in [0.05, 0.1) is 6.10 Å². The molecule has 1 N–H and O–H groups in total. The van der Waals surface area contributed by atoms with E-state index in [2.05, 4.69) is 32.0 Å². The molecule has 20 heavy (non-hydrogen) atoms. The van der Waals surface area contributed by atoms with Gasteiger partial charge >= 0.3 is 0 Å². The topological polar surface area (TPSA) is 29.5 Å². The molecule has 0 bridgehead atoms. The second-order valence-corrected chi connectivity index (χ2v) is 5.38. The van der Waals surface area contributed by atoms with Crippen LogP contribution in [-0.2, 0) is 6.61 Å². The molecule has 0 radical (unpaired) electrons. The summed E-state index contributed by atoms with van der Waals surface area (Å²) in [6.07, 6.45) is -0.525. The highest BCUT2D eigenvalue weighted by Gasteiger charge is 2.10. The lowest BCUT2D eigenvalue weighted by atomic mass is 10.0. The van der Waals surface area contributed by atoms with E-state index in [1.165, 1.54) is 16.7 Å². The van der Waals surface area contributed by atoms with Gasteiger partial charge in [-0.15, -0.1) is 0 Å². The van der Waals surface area contributed by atoms with Crippen LogP contribution in [0.4, 0.5) is 0 Å². The van der Waals surface area contributed by atoms with Crippen LogP contribution in [0.2, 0.25) is 0 Å². The normalized spacial score (nSPS) is 12.2. The SMILES string of the molecule is Cc1ccc(OCc2c(C)cccc2C)c(C(C)O)c1. The van der Waals surface area contributed by atoms with Gasteiger partial charge in [-0.2, -0.15) is 0 Å². The van der Waals surface area contributed by atoms with Gasteiger partial charge in [-0.1, -0.05) is 29.8 Å². The van der Waals surface area contributed by atoms with Gasteiger partial charge in [-0.3, -0.25) is 0 Å². The molecule has 106 valence electrons. The van der Waals surface area contributed by atoms with Gasteiger partial charge in [0.25, 0.3) is 0 Å². The first-order valence-corrected chi connectivity index (χ1v) is 6.95. The summed E-state index contributed by atoms with van der Waals surface area (Å²) < 4.78 is 5.94. The van der Waals surface area contributed by atoms with E-state index in [1.807, 2.05) is 25.1 Å². The fourth-order valence-corrected chi connectivity index (χ4v) is 2.35. The van der Waals surface area contributed by atoms with E-state index < -0.39 is 6.10 Å². The third-order valence-electron chi connectivity index (χ3n) is 3.63. The number of hydrogen-bond donors (Lipinski definition) is 1. The Kier molecular flexibility index (Phi) is 4.46. The van der Waals surface area contributed by atoms with Crippen LogP contribution in [-0.4, -0.2) is 5.11 Å². The minimum Gasteiger partial charge on any atom is -0.489 e. The van der Waals surface area contributed by atoms with Crippen molar-refractivity contribution in [2.45, 2.75) is 40.4 Å². The van der Waals surface area contributed by atoms with Crippen LogP contribution in [0.15, 0.2) is 36.4 Å². The second-order valence-electron chi connectivity index (χ2n) is 5.38. The molecule has 0 aliphatic rings. The smallest absolute Gasteiger partial charge is 0.125 e. The Balaban J connectivity index is 2.23. The summed E-state index contributed by atoms with van der Waals surface area (Å²) in [7, 11) is 0. The third kappa shape index (κ3) is 3.20. The summed E-state index contributed by atoms with van der Waals surface area (Å²) in [6, 6.07) is 12.2. The third-order valence-corrected chi connectivity index (χ3v) is 3.63. The predicted molar refractivity (Wildman–Crippen MR) is 82.1 cm³/mol. The van der Waals surface area contributed by atoms with Gasteiger partial charge in [0.1, 0.15) is 12.4 Å². The van der Waals surface area contributed by atoms with Crippen LogP contribution in [0.25, 0.3) is 0 Å². The first-order chi connectivity index (χ1) is 9.49. The Hall–Kier alpha value is -1.80. The molecule has 0 saturated heterocycles. The van der Waals surface area contributed by atoms with Crippen LogP contribution < -0.4 is 4.74 Å². The number of aliphatic hydroxyl groups is 1. The summed E-state index contributed by atoms with van der Waals surface area (Å²) in [5.41, 5.74) is 5.65. The van der Waals surface area contributed by atoms with E-state index in [0.717, 1.165) is 16.9 Å². The molecule has 2 heteroatoms. The van der Waals surface area contributed by atoms with E-state index in [1.54, 1.807) is 6.92 Å². The first-order valence-electron chi connectivity index (χ1n) is 6.95. The van der Waals surface area contributed by atoms with Crippen molar-refractivity contribution in [3.8, 4) is 5.75 Å². The molecule has 2 nitrogen and oxygen atoms in total. The quantitative estimate of drug-likeness (QED) is 0.900. The molecule has 0 aliphatic carbocycles. The van der Waals surface area contributed by atoms with E-state index in [0.29, 0.717) is 6.61 Å². The van der Waals surface area contributed by atoms with E-state index in [9.17, 15) is 5.11 Å². The molecular weight excluding hydrogens is 248 g/mol. The molecule has 0 aromatic heterocycles. The summed E-state index contributed by atoms with van der Waals surface area (Å²) >= 11 is 0. The Labute approximate surface area is 121 Å².